The molecular formula is C23H19N5O2. The molecule has 1 amide bonds. The molecular weight excluding hydrogens is 378 g/mol. The quantitative estimate of drug-likeness (QED) is 0.544. The highest BCUT2D eigenvalue weighted by atomic mass is 16.2. The molecule has 7 nitrogen and oxygen atoms in total. The van der Waals surface area contributed by atoms with E-state index in [1.165, 1.54) is 6.08 Å². The Morgan fingerprint density at radius 3 is 2.43 bits per heavy atom. The summed E-state index contributed by atoms with van der Waals surface area (Å²) in [6, 6.07) is 17.9. The molecule has 0 radical (unpaired) electrons. The average Bonchev–Trinajstić information content (AvgIpc) is 2.76. The van der Waals surface area contributed by atoms with Gasteiger partial charge in [0.1, 0.15) is 0 Å². The van der Waals surface area contributed by atoms with E-state index < -0.39 is 5.91 Å². The number of nitrogens with zero attached hydrogens (tertiary/aromatic N) is 4. The molecule has 0 aliphatic heterocycles. The second-order valence-corrected chi connectivity index (χ2v) is 6.82. The van der Waals surface area contributed by atoms with E-state index in [0.29, 0.717) is 28.1 Å². The maximum Gasteiger partial charge on any atom is 0.259 e. The van der Waals surface area contributed by atoms with Gasteiger partial charge in [-0.25, -0.2) is 4.98 Å². The highest BCUT2D eigenvalue weighted by Crippen LogP contribution is 2.23. The normalized spacial score (nSPS) is 15.0. The molecule has 0 atom stereocenters. The summed E-state index contributed by atoms with van der Waals surface area (Å²) in [4.78, 5) is 30.1. The van der Waals surface area contributed by atoms with Crippen molar-refractivity contribution in [3.63, 3.8) is 0 Å². The van der Waals surface area contributed by atoms with Gasteiger partial charge in [0.2, 0.25) is 5.62 Å². The van der Waals surface area contributed by atoms with Crippen LogP contribution in [0.3, 0.4) is 0 Å². The molecule has 1 aliphatic carbocycles. The molecule has 1 heterocycles. The molecule has 1 aliphatic rings. The molecule has 1 N–H and O–H groups in total. The lowest BCUT2D eigenvalue weighted by Crippen LogP contribution is -2.27. The van der Waals surface area contributed by atoms with Crippen LogP contribution in [0.1, 0.15) is 21.6 Å². The number of fused-ring (bicyclic) bond motifs is 1. The van der Waals surface area contributed by atoms with Crippen LogP contribution in [0.4, 0.5) is 5.69 Å². The smallest absolute Gasteiger partial charge is 0.259 e. The average molecular weight is 397 g/mol. The van der Waals surface area contributed by atoms with Crippen molar-refractivity contribution in [3.8, 4) is 0 Å². The SMILES string of the molecule is Cc1ccn(C)/c(=N\N=C2\C=C(C(=O)Nc3ccccc3)C(=O)c3ccccc32)n1. The van der Waals surface area contributed by atoms with Gasteiger partial charge in [-0.15, -0.1) is 10.2 Å². The van der Waals surface area contributed by atoms with Crippen molar-refractivity contribution >= 4 is 23.1 Å². The summed E-state index contributed by atoms with van der Waals surface area (Å²) in [5, 5.41) is 11.3. The number of Topliss-reactive ketones (excluding diaryl/α,β-unsaturated/α-hetero) is 1. The van der Waals surface area contributed by atoms with E-state index >= 15 is 0 Å². The van der Waals surface area contributed by atoms with Crippen molar-refractivity contribution in [2.45, 2.75) is 6.92 Å². The van der Waals surface area contributed by atoms with Crippen LogP contribution in [0.2, 0.25) is 0 Å². The molecule has 7 heteroatoms. The number of hydrogen-bond donors (Lipinski definition) is 1. The third-order valence-corrected chi connectivity index (χ3v) is 4.63. The first-order valence-electron chi connectivity index (χ1n) is 9.37. The monoisotopic (exact) mass is 397 g/mol. The highest BCUT2D eigenvalue weighted by Gasteiger charge is 2.28. The predicted molar refractivity (Wildman–Crippen MR) is 114 cm³/mol. The number of carbonyl (C=O) groups excluding carboxylic acids is 2. The van der Waals surface area contributed by atoms with Gasteiger partial charge in [0, 0.05) is 35.8 Å². The van der Waals surface area contributed by atoms with Crippen LogP contribution in [-0.4, -0.2) is 27.0 Å². The van der Waals surface area contributed by atoms with Gasteiger partial charge >= 0.3 is 0 Å². The number of amides is 1. The maximum atomic E-state index is 12.9. The lowest BCUT2D eigenvalue weighted by Gasteiger charge is -2.16. The Morgan fingerprint density at radius 2 is 1.67 bits per heavy atom. The Bertz CT molecular complexity index is 1270. The van der Waals surface area contributed by atoms with E-state index in [2.05, 4.69) is 20.5 Å². The molecule has 148 valence electrons. The zero-order valence-electron chi connectivity index (χ0n) is 16.5. The minimum Gasteiger partial charge on any atom is -0.322 e. The summed E-state index contributed by atoms with van der Waals surface area (Å²) in [6.45, 7) is 1.87. The van der Waals surface area contributed by atoms with Crippen LogP contribution in [0.5, 0.6) is 0 Å². The first-order chi connectivity index (χ1) is 14.5. The molecule has 30 heavy (non-hydrogen) atoms. The zero-order chi connectivity index (χ0) is 21.1. The van der Waals surface area contributed by atoms with E-state index in [-0.39, 0.29) is 11.4 Å². The summed E-state index contributed by atoms with van der Waals surface area (Å²) >= 11 is 0. The topological polar surface area (TPSA) is 88.7 Å². The van der Waals surface area contributed by atoms with Crippen molar-refractivity contribution in [2.24, 2.45) is 17.3 Å². The van der Waals surface area contributed by atoms with Gasteiger partial charge in [0.25, 0.3) is 5.91 Å². The Labute approximate surface area is 173 Å². The lowest BCUT2D eigenvalue weighted by molar-refractivity contribution is -0.112. The molecule has 1 aromatic heterocycles. The van der Waals surface area contributed by atoms with Crippen LogP contribution in [0.15, 0.2) is 88.7 Å². The van der Waals surface area contributed by atoms with Crippen LogP contribution in [-0.2, 0) is 11.8 Å². The summed E-state index contributed by atoms with van der Waals surface area (Å²) < 4.78 is 1.74. The number of benzene rings is 2. The van der Waals surface area contributed by atoms with Crippen molar-refractivity contribution in [2.75, 3.05) is 5.32 Å². The molecule has 0 spiro atoms. The Morgan fingerprint density at radius 1 is 0.967 bits per heavy atom. The van der Waals surface area contributed by atoms with E-state index in [9.17, 15) is 9.59 Å². The first-order valence-corrected chi connectivity index (χ1v) is 9.37. The van der Waals surface area contributed by atoms with E-state index in [4.69, 9.17) is 0 Å². The lowest BCUT2D eigenvalue weighted by atomic mass is 9.88. The fourth-order valence-corrected chi connectivity index (χ4v) is 3.05. The number of para-hydroxylation sites is 1. The number of anilines is 1. The van der Waals surface area contributed by atoms with Crippen LogP contribution < -0.4 is 10.9 Å². The van der Waals surface area contributed by atoms with Gasteiger partial charge in [-0.3, -0.25) is 9.59 Å². The number of aromatic nitrogens is 2. The minimum absolute atomic E-state index is 0.00748. The Kier molecular flexibility index (Phi) is 5.17. The number of carbonyl (C=O) groups is 2. The molecule has 3 aromatic rings. The zero-order valence-corrected chi connectivity index (χ0v) is 16.5. The van der Waals surface area contributed by atoms with Crippen LogP contribution >= 0.6 is 0 Å². The van der Waals surface area contributed by atoms with Crippen molar-refractivity contribution in [3.05, 3.63) is 101 Å². The largest absolute Gasteiger partial charge is 0.322 e. The highest BCUT2D eigenvalue weighted by molar-refractivity contribution is 6.37. The molecule has 4 rings (SSSR count). The molecule has 0 saturated carbocycles. The van der Waals surface area contributed by atoms with Crippen molar-refractivity contribution in [1.29, 1.82) is 0 Å². The fourth-order valence-electron chi connectivity index (χ4n) is 3.05. The van der Waals surface area contributed by atoms with Gasteiger partial charge in [-0.2, -0.15) is 0 Å². The van der Waals surface area contributed by atoms with E-state index in [1.807, 2.05) is 50.5 Å². The van der Waals surface area contributed by atoms with Gasteiger partial charge < -0.3 is 9.88 Å². The van der Waals surface area contributed by atoms with Gasteiger partial charge in [-0.05, 0) is 31.2 Å². The van der Waals surface area contributed by atoms with Crippen molar-refractivity contribution in [1.82, 2.24) is 9.55 Å². The Balaban J connectivity index is 1.78. The Hall–Kier alpha value is -4.13. The van der Waals surface area contributed by atoms with Gasteiger partial charge in [0.05, 0.1) is 11.3 Å². The summed E-state index contributed by atoms with van der Waals surface area (Å²) in [7, 11) is 1.82. The maximum absolute atomic E-state index is 12.9. The molecule has 0 fully saturated rings. The van der Waals surface area contributed by atoms with Gasteiger partial charge in [-0.1, -0.05) is 42.5 Å². The van der Waals surface area contributed by atoms with Crippen LogP contribution in [0.25, 0.3) is 0 Å². The molecule has 0 unspecified atom stereocenters. The van der Waals surface area contributed by atoms with Gasteiger partial charge in [0.15, 0.2) is 5.78 Å². The second kappa shape index (κ2) is 8.08. The fraction of sp³-hybridized carbons (Fsp3) is 0.0870. The summed E-state index contributed by atoms with van der Waals surface area (Å²) in [5.41, 5.74) is 3.30. The molecule has 0 saturated heterocycles. The third kappa shape index (κ3) is 3.86. The van der Waals surface area contributed by atoms with E-state index in [1.54, 1.807) is 34.9 Å². The van der Waals surface area contributed by atoms with Crippen LogP contribution in [0, 0.1) is 6.92 Å². The molecule has 2 aromatic carbocycles. The number of allylic oxidation sites excluding steroid dienone is 1. The number of ketones is 1. The minimum atomic E-state index is -0.493. The summed E-state index contributed by atoms with van der Waals surface area (Å²) in [6.07, 6.45) is 3.32. The number of hydrogen-bond acceptors (Lipinski definition) is 5. The van der Waals surface area contributed by atoms with E-state index in [0.717, 1.165) is 5.69 Å². The predicted octanol–water partition coefficient (Wildman–Crippen LogP) is 2.79. The first kappa shape index (κ1) is 19.2. The standard InChI is InChI=1S/C23H19N5O2/c1-15-12-13-28(2)23(24-15)27-26-20-14-19(21(29)18-11-7-6-10-17(18)20)22(30)25-16-8-4-3-5-9-16/h3-14H,1-2H3,(H,25,30)/b26-20-,27-23-. The summed E-state index contributed by atoms with van der Waals surface area (Å²) in [5.74, 6) is -0.843. The molecule has 0 bridgehead atoms. The second-order valence-electron chi connectivity index (χ2n) is 6.82. The number of aryl methyl sites for hydroxylation is 2. The third-order valence-electron chi connectivity index (χ3n) is 4.63. The number of nitrogens with one attached hydrogen (secondary N) is 1. The van der Waals surface area contributed by atoms with Crippen molar-refractivity contribution < 1.29 is 9.59 Å². The number of rotatable bonds is 3.